The Labute approximate surface area is 107 Å². The van der Waals surface area contributed by atoms with Crippen molar-refractivity contribution >= 4 is 6.29 Å². The molecule has 0 aromatic heterocycles. The van der Waals surface area contributed by atoms with Gasteiger partial charge in [-0.15, -0.1) is 0 Å². The van der Waals surface area contributed by atoms with Gasteiger partial charge in [-0.2, -0.15) is 0 Å². The maximum Gasteiger partial charge on any atom is 0.153 e. The lowest BCUT2D eigenvalue weighted by Crippen LogP contribution is -2.26. The molecule has 1 aliphatic rings. The molecule has 0 aliphatic carbocycles. The zero-order valence-corrected chi connectivity index (χ0v) is 10.6. The van der Waals surface area contributed by atoms with Gasteiger partial charge in [-0.25, -0.2) is 0 Å². The molecule has 1 saturated heterocycles. The fraction of sp³-hybridized carbons (Fsp3) is 0.500. The fourth-order valence-corrected chi connectivity index (χ4v) is 2.00. The smallest absolute Gasteiger partial charge is 0.153 e. The van der Waals surface area contributed by atoms with Crippen LogP contribution in [0.2, 0.25) is 0 Å². The van der Waals surface area contributed by atoms with Gasteiger partial charge in [0.1, 0.15) is 18.1 Å². The molecular formula is C14H18O4. The summed E-state index contributed by atoms with van der Waals surface area (Å²) in [6.45, 7) is 1.30. The van der Waals surface area contributed by atoms with E-state index < -0.39 is 0 Å². The molecule has 0 unspecified atom stereocenters. The summed E-state index contributed by atoms with van der Waals surface area (Å²) in [6.07, 6.45) is 4.24. The quantitative estimate of drug-likeness (QED) is 0.753. The van der Waals surface area contributed by atoms with Gasteiger partial charge in [-0.05, 0) is 37.5 Å². The molecule has 0 saturated carbocycles. The summed E-state index contributed by atoms with van der Waals surface area (Å²) in [7, 11) is 1.57. The number of rotatable bonds is 5. The van der Waals surface area contributed by atoms with Gasteiger partial charge in [-0.1, -0.05) is 0 Å². The normalized spacial score (nSPS) is 19.3. The van der Waals surface area contributed by atoms with Gasteiger partial charge in [0.2, 0.25) is 0 Å². The Morgan fingerprint density at radius 1 is 1.44 bits per heavy atom. The molecule has 0 spiro atoms. The second-order valence-electron chi connectivity index (χ2n) is 4.32. The molecule has 98 valence electrons. The summed E-state index contributed by atoms with van der Waals surface area (Å²) in [4.78, 5) is 11.0. The lowest BCUT2D eigenvalue weighted by molar-refractivity contribution is -0.0111. The van der Waals surface area contributed by atoms with E-state index in [0.29, 0.717) is 23.7 Å². The van der Waals surface area contributed by atoms with Crippen LogP contribution in [0.5, 0.6) is 11.5 Å². The highest BCUT2D eigenvalue weighted by Gasteiger charge is 2.15. The third kappa shape index (κ3) is 3.23. The van der Waals surface area contributed by atoms with Crippen LogP contribution >= 0.6 is 0 Å². The van der Waals surface area contributed by atoms with E-state index in [0.717, 1.165) is 25.7 Å². The lowest BCUT2D eigenvalue weighted by atomic mass is 10.1. The van der Waals surface area contributed by atoms with Crippen molar-refractivity contribution in [1.82, 2.24) is 0 Å². The first-order chi connectivity index (χ1) is 8.83. The number of hydrogen-bond acceptors (Lipinski definition) is 4. The number of methoxy groups -OCH3 is 1. The molecule has 4 nitrogen and oxygen atoms in total. The lowest BCUT2D eigenvalue weighted by Gasteiger charge is -2.23. The first-order valence-corrected chi connectivity index (χ1v) is 6.21. The standard InChI is InChI=1S/C14H18O4/c1-16-12-5-6-14(11(8-12)9-15)18-10-13-4-2-3-7-17-13/h5-6,8-9,13H,2-4,7,10H2,1H3/t13-/m1/s1. The second kappa shape index (κ2) is 6.40. The zero-order chi connectivity index (χ0) is 12.8. The molecule has 1 aromatic rings. The minimum Gasteiger partial charge on any atom is -0.497 e. The van der Waals surface area contributed by atoms with Crippen LogP contribution in [0.3, 0.4) is 0 Å². The number of hydrogen-bond donors (Lipinski definition) is 0. The Balaban J connectivity index is 1.97. The summed E-state index contributed by atoms with van der Waals surface area (Å²) in [6, 6.07) is 5.21. The van der Waals surface area contributed by atoms with E-state index in [1.54, 1.807) is 25.3 Å². The average Bonchev–Trinajstić information content (AvgIpc) is 2.46. The molecule has 1 atom stereocenters. The number of benzene rings is 1. The average molecular weight is 250 g/mol. The Hall–Kier alpha value is -1.55. The molecule has 4 heteroatoms. The minimum atomic E-state index is 0.139. The summed E-state index contributed by atoms with van der Waals surface area (Å²) in [5.74, 6) is 1.23. The molecular weight excluding hydrogens is 232 g/mol. The van der Waals surface area contributed by atoms with Crippen molar-refractivity contribution in [2.45, 2.75) is 25.4 Å². The monoisotopic (exact) mass is 250 g/mol. The topological polar surface area (TPSA) is 44.8 Å². The first-order valence-electron chi connectivity index (χ1n) is 6.21. The van der Waals surface area contributed by atoms with E-state index in [2.05, 4.69) is 0 Å². The SMILES string of the molecule is COc1ccc(OC[C@H]2CCCCO2)c(C=O)c1. The van der Waals surface area contributed by atoms with Crippen LogP contribution in [0.15, 0.2) is 18.2 Å². The number of carbonyl (C=O) groups is 1. The van der Waals surface area contributed by atoms with Gasteiger partial charge >= 0.3 is 0 Å². The van der Waals surface area contributed by atoms with Gasteiger partial charge in [-0.3, -0.25) is 4.79 Å². The molecule has 1 fully saturated rings. The molecule has 1 aliphatic heterocycles. The Morgan fingerprint density at radius 2 is 2.33 bits per heavy atom. The van der Waals surface area contributed by atoms with Crippen LogP contribution in [0.25, 0.3) is 0 Å². The van der Waals surface area contributed by atoms with Gasteiger partial charge in [0.05, 0.1) is 18.8 Å². The first kappa shape index (κ1) is 12.9. The highest BCUT2D eigenvalue weighted by molar-refractivity contribution is 5.80. The van der Waals surface area contributed by atoms with E-state index in [1.807, 2.05) is 0 Å². The van der Waals surface area contributed by atoms with E-state index in [-0.39, 0.29) is 6.10 Å². The maximum absolute atomic E-state index is 11.0. The van der Waals surface area contributed by atoms with Crippen molar-refractivity contribution in [2.75, 3.05) is 20.3 Å². The Bertz CT molecular complexity index is 397. The summed E-state index contributed by atoms with van der Waals surface area (Å²) < 4.78 is 16.3. The van der Waals surface area contributed by atoms with Gasteiger partial charge < -0.3 is 14.2 Å². The largest absolute Gasteiger partial charge is 0.497 e. The third-order valence-electron chi connectivity index (χ3n) is 3.04. The van der Waals surface area contributed by atoms with Gasteiger partial charge in [0.15, 0.2) is 6.29 Å². The van der Waals surface area contributed by atoms with Crippen LogP contribution in [0.4, 0.5) is 0 Å². The fourth-order valence-electron chi connectivity index (χ4n) is 2.00. The summed E-state index contributed by atoms with van der Waals surface area (Å²) in [5, 5.41) is 0. The predicted octanol–water partition coefficient (Wildman–Crippen LogP) is 2.46. The number of carbonyl (C=O) groups excluding carboxylic acids is 1. The van der Waals surface area contributed by atoms with Crippen LogP contribution in [-0.2, 0) is 4.74 Å². The van der Waals surface area contributed by atoms with Crippen molar-refractivity contribution in [3.8, 4) is 11.5 Å². The van der Waals surface area contributed by atoms with Crippen molar-refractivity contribution in [1.29, 1.82) is 0 Å². The maximum atomic E-state index is 11.0. The number of aldehydes is 1. The van der Waals surface area contributed by atoms with Crippen LogP contribution in [0.1, 0.15) is 29.6 Å². The molecule has 2 rings (SSSR count). The molecule has 1 aromatic carbocycles. The second-order valence-corrected chi connectivity index (χ2v) is 4.32. The summed E-state index contributed by atoms with van der Waals surface area (Å²) in [5.41, 5.74) is 0.505. The third-order valence-corrected chi connectivity index (χ3v) is 3.04. The molecule has 18 heavy (non-hydrogen) atoms. The molecule has 1 heterocycles. The van der Waals surface area contributed by atoms with E-state index in [9.17, 15) is 4.79 Å². The van der Waals surface area contributed by atoms with E-state index in [4.69, 9.17) is 14.2 Å². The highest BCUT2D eigenvalue weighted by atomic mass is 16.5. The molecule has 0 bridgehead atoms. The Kier molecular flexibility index (Phi) is 4.59. The van der Waals surface area contributed by atoms with E-state index in [1.165, 1.54) is 6.42 Å². The van der Waals surface area contributed by atoms with Crippen LogP contribution < -0.4 is 9.47 Å². The van der Waals surface area contributed by atoms with Crippen LogP contribution in [-0.4, -0.2) is 32.7 Å². The number of ether oxygens (including phenoxy) is 3. The van der Waals surface area contributed by atoms with Crippen molar-refractivity contribution < 1.29 is 19.0 Å². The zero-order valence-electron chi connectivity index (χ0n) is 10.6. The van der Waals surface area contributed by atoms with Gasteiger partial charge in [0.25, 0.3) is 0 Å². The van der Waals surface area contributed by atoms with Crippen molar-refractivity contribution in [3.63, 3.8) is 0 Å². The molecule has 0 amide bonds. The predicted molar refractivity (Wildman–Crippen MR) is 67.5 cm³/mol. The van der Waals surface area contributed by atoms with Crippen molar-refractivity contribution in [2.24, 2.45) is 0 Å². The van der Waals surface area contributed by atoms with Crippen LogP contribution in [0, 0.1) is 0 Å². The van der Waals surface area contributed by atoms with E-state index >= 15 is 0 Å². The van der Waals surface area contributed by atoms with Crippen molar-refractivity contribution in [3.05, 3.63) is 23.8 Å². The Morgan fingerprint density at radius 3 is 3.00 bits per heavy atom. The minimum absolute atomic E-state index is 0.139. The molecule has 0 N–H and O–H groups in total. The summed E-state index contributed by atoms with van der Waals surface area (Å²) >= 11 is 0. The molecule has 0 radical (unpaired) electrons. The van der Waals surface area contributed by atoms with Gasteiger partial charge in [0, 0.05) is 6.61 Å². The highest BCUT2D eigenvalue weighted by Crippen LogP contribution is 2.23.